The van der Waals surface area contributed by atoms with Crippen molar-refractivity contribution in [1.29, 1.82) is 0 Å². The van der Waals surface area contributed by atoms with Crippen molar-refractivity contribution < 1.29 is 9.13 Å². The summed E-state index contributed by atoms with van der Waals surface area (Å²) >= 11 is 2.15. The first-order valence-corrected chi connectivity index (χ1v) is 7.31. The van der Waals surface area contributed by atoms with Crippen molar-refractivity contribution in [3.05, 3.63) is 33.1 Å². The third kappa shape index (κ3) is 3.63. The molecule has 0 bridgehead atoms. The second kappa shape index (κ2) is 6.79. The Bertz CT molecular complexity index is 397. The number of hydrogen-bond acceptors (Lipinski definition) is 3. The number of hydrogen-bond donors (Lipinski definition) is 2. The number of rotatable bonds is 5. The number of halogens is 2. The van der Waals surface area contributed by atoms with Gasteiger partial charge in [-0.3, -0.25) is 11.3 Å². The summed E-state index contributed by atoms with van der Waals surface area (Å²) in [6.07, 6.45) is 4.54. The van der Waals surface area contributed by atoms with Gasteiger partial charge >= 0.3 is 0 Å². The number of nitrogens with two attached hydrogens (primary N) is 1. The Balaban J connectivity index is 1.98. The number of ether oxygens (including phenoxy) is 1. The van der Waals surface area contributed by atoms with E-state index >= 15 is 0 Å². The minimum absolute atomic E-state index is 0.0571. The number of nitrogens with one attached hydrogen (secondary N) is 1. The summed E-state index contributed by atoms with van der Waals surface area (Å²) in [5.41, 5.74) is 3.87. The van der Waals surface area contributed by atoms with E-state index in [0.717, 1.165) is 41.4 Å². The van der Waals surface area contributed by atoms with E-state index in [0.29, 0.717) is 6.10 Å². The molecule has 18 heavy (non-hydrogen) atoms. The minimum atomic E-state index is -0.210. The quantitative estimate of drug-likeness (QED) is 0.480. The molecule has 0 aromatic heterocycles. The monoisotopic (exact) mass is 364 g/mol. The van der Waals surface area contributed by atoms with Crippen LogP contribution in [0.4, 0.5) is 4.39 Å². The van der Waals surface area contributed by atoms with Crippen LogP contribution in [-0.2, 0) is 4.74 Å². The van der Waals surface area contributed by atoms with E-state index in [9.17, 15) is 4.39 Å². The maximum Gasteiger partial charge on any atom is 0.124 e. The molecule has 2 unspecified atom stereocenters. The summed E-state index contributed by atoms with van der Waals surface area (Å²) in [5.74, 6) is 5.40. The van der Waals surface area contributed by atoms with Gasteiger partial charge in [-0.1, -0.05) is 6.07 Å². The van der Waals surface area contributed by atoms with Gasteiger partial charge in [-0.25, -0.2) is 4.39 Å². The molecule has 2 rings (SSSR count). The highest BCUT2D eigenvalue weighted by molar-refractivity contribution is 14.1. The van der Waals surface area contributed by atoms with Gasteiger partial charge in [0.1, 0.15) is 5.82 Å². The molecule has 0 amide bonds. The molecular weight excluding hydrogens is 346 g/mol. The van der Waals surface area contributed by atoms with Crippen molar-refractivity contribution >= 4 is 22.6 Å². The van der Waals surface area contributed by atoms with Gasteiger partial charge in [-0.15, -0.1) is 0 Å². The van der Waals surface area contributed by atoms with E-state index in [1.54, 1.807) is 6.07 Å². The Kier molecular flexibility index (Phi) is 5.35. The Hall–Kier alpha value is -0.240. The van der Waals surface area contributed by atoms with Crippen LogP contribution in [0.25, 0.3) is 0 Å². The highest BCUT2D eigenvalue weighted by Gasteiger charge is 2.19. The maximum absolute atomic E-state index is 13.1. The van der Waals surface area contributed by atoms with Gasteiger partial charge in [0.15, 0.2) is 0 Å². The van der Waals surface area contributed by atoms with Crippen molar-refractivity contribution in [3.63, 3.8) is 0 Å². The molecular formula is C13H18FIN2O. The first kappa shape index (κ1) is 14.2. The Morgan fingerprint density at radius 3 is 3.00 bits per heavy atom. The van der Waals surface area contributed by atoms with Crippen LogP contribution < -0.4 is 11.3 Å². The molecule has 100 valence electrons. The predicted molar refractivity (Wildman–Crippen MR) is 77.4 cm³/mol. The van der Waals surface area contributed by atoms with Crippen LogP contribution in [-0.4, -0.2) is 12.7 Å². The molecule has 1 aromatic rings. The van der Waals surface area contributed by atoms with Crippen LogP contribution in [0.1, 0.15) is 37.3 Å². The van der Waals surface area contributed by atoms with Crippen molar-refractivity contribution in [3.8, 4) is 0 Å². The van der Waals surface area contributed by atoms with E-state index in [2.05, 4.69) is 28.0 Å². The zero-order valence-corrected chi connectivity index (χ0v) is 12.3. The summed E-state index contributed by atoms with van der Waals surface area (Å²) < 4.78 is 19.6. The number of hydrazine groups is 1. The summed E-state index contributed by atoms with van der Waals surface area (Å²) in [7, 11) is 0. The van der Waals surface area contributed by atoms with Crippen molar-refractivity contribution in [2.24, 2.45) is 5.84 Å². The lowest BCUT2D eigenvalue weighted by atomic mass is 10.00. The smallest absolute Gasteiger partial charge is 0.124 e. The topological polar surface area (TPSA) is 47.3 Å². The molecule has 1 fully saturated rings. The third-order valence-electron chi connectivity index (χ3n) is 3.34. The van der Waals surface area contributed by atoms with Gasteiger partial charge in [0.05, 0.1) is 6.10 Å². The molecule has 0 radical (unpaired) electrons. The van der Waals surface area contributed by atoms with Gasteiger partial charge in [0, 0.05) is 16.2 Å². The van der Waals surface area contributed by atoms with Crippen LogP contribution in [0, 0.1) is 9.39 Å². The number of benzene rings is 1. The van der Waals surface area contributed by atoms with Crippen molar-refractivity contribution in [1.82, 2.24) is 5.43 Å². The summed E-state index contributed by atoms with van der Waals surface area (Å²) in [6.45, 7) is 0.874. The zero-order valence-electron chi connectivity index (χ0n) is 10.2. The Morgan fingerprint density at radius 2 is 2.39 bits per heavy atom. The molecule has 3 N–H and O–H groups in total. The molecule has 0 spiro atoms. The predicted octanol–water partition coefficient (Wildman–Crippen LogP) is 2.89. The van der Waals surface area contributed by atoms with Crippen LogP contribution >= 0.6 is 22.6 Å². The average molecular weight is 364 g/mol. The van der Waals surface area contributed by atoms with E-state index in [1.807, 2.05) is 0 Å². The van der Waals surface area contributed by atoms with E-state index < -0.39 is 0 Å². The third-order valence-corrected chi connectivity index (χ3v) is 4.27. The lowest BCUT2D eigenvalue weighted by molar-refractivity contribution is 0.0996. The van der Waals surface area contributed by atoms with E-state index in [4.69, 9.17) is 10.6 Å². The molecule has 0 saturated carbocycles. The normalized spacial score (nSPS) is 21.2. The Labute approximate surface area is 120 Å². The van der Waals surface area contributed by atoms with Gasteiger partial charge in [0.2, 0.25) is 0 Å². The molecule has 1 aliphatic heterocycles. The van der Waals surface area contributed by atoms with Crippen molar-refractivity contribution in [2.75, 3.05) is 6.61 Å². The van der Waals surface area contributed by atoms with Crippen LogP contribution in [0.2, 0.25) is 0 Å². The van der Waals surface area contributed by atoms with Gasteiger partial charge in [-0.2, -0.15) is 0 Å². The Morgan fingerprint density at radius 1 is 1.56 bits per heavy atom. The highest BCUT2D eigenvalue weighted by atomic mass is 127. The molecule has 1 saturated heterocycles. The lowest BCUT2D eigenvalue weighted by Crippen LogP contribution is -2.29. The van der Waals surface area contributed by atoms with Crippen LogP contribution in [0.5, 0.6) is 0 Å². The fraction of sp³-hybridized carbons (Fsp3) is 0.538. The summed E-state index contributed by atoms with van der Waals surface area (Å²) in [6, 6.07) is 4.87. The standard InChI is InChI=1S/C13H18FIN2O/c14-9-3-5-11(12(15)8-9)13(17-16)6-4-10-2-1-7-18-10/h3,5,8,10,13,17H,1-2,4,6-7,16H2. The van der Waals surface area contributed by atoms with Crippen LogP contribution in [0.3, 0.4) is 0 Å². The lowest BCUT2D eigenvalue weighted by Gasteiger charge is -2.19. The summed E-state index contributed by atoms with van der Waals surface area (Å²) in [5, 5.41) is 0. The molecule has 1 aliphatic rings. The largest absolute Gasteiger partial charge is 0.378 e. The van der Waals surface area contributed by atoms with Gasteiger partial charge in [-0.05, 0) is 66.0 Å². The molecule has 3 nitrogen and oxygen atoms in total. The van der Waals surface area contributed by atoms with E-state index in [1.165, 1.54) is 12.1 Å². The minimum Gasteiger partial charge on any atom is -0.378 e. The van der Waals surface area contributed by atoms with Gasteiger partial charge in [0.25, 0.3) is 0 Å². The fourth-order valence-corrected chi connectivity index (χ4v) is 3.19. The highest BCUT2D eigenvalue weighted by Crippen LogP contribution is 2.27. The average Bonchev–Trinajstić information content (AvgIpc) is 2.85. The molecule has 5 heteroatoms. The maximum atomic E-state index is 13.1. The zero-order chi connectivity index (χ0) is 13.0. The fourth-order valence-electron chi connectivity index (χ4n) is 2.34. The summed E-state index contributed by atoms with van der Waals surface area (Å²) in [4.78, 5) is 0. The molecule has 1 heterocycles. The second-order valence-electron chi connectivity index (χ2n) is 4.60. The molecule has 0 aliphatic carbocycles. The first-order chi connectivity index (χ1) is 8.70. The van der Waals surface area contributed by atoms with Crippen LogP contribution in [0.15, 0.2) is 18.2 Å². The van der Waals surface area contributed by atoms with Gasteiger partial charge < -0.3 is 4.74 Å². The van der Waals surface area contributed by atoms with E-state index in [-0.39, 0.29) is 11.9 Å². The second-order valence-corrected chi connectivity index (χ2v) is 5.76. The molecule has 2 atom stereocenters. The molecule has 1 aromatic carbocycles. The van der Waals surface area contributed by atoms with Crippen molar-refractivity contribution in [2.45, 2.75) is 37.8 Å². The SMILES string of the molecule is NNC(CCC1CCCO1)c1ccc(F)cc1I. The first-order valence-electron chi connectivity index (χ1n) is 6.23.